The molecule has 1 N–H and O–H groups in total. The van der Waals surface area contributed by atoms with Crippen molar-refractivity contribution in [2.75, 3.05) is 5.32 Å². The number of aryl methyl sites for hydroxylation is 2. The van der Waals surface area contributed by atoms with Crippen molar-refractivity contribution in [1.29, 1.82) is 0 Å². The topological polar surface area (TPSA) is 99.3 Å². The summed E-state index contributed by atoms with van der Waals surface area (Å²) in [5.74, 6) is -0.814. The van der Waals surface area contributed by atoms with Gasteiger partial charge in [0.1, 0.15) is 11.8 Å². The van der Waals surface area contributed by atoms with Crippen molar-refractivity contribution < 1.29 is 23.2 Å². The highest BCUT2D eigenvalue weighted by atomic mass is 19.3. The molecule has 0 aliphatic heterocycles. The lowest BCUT2D eigenvalue weighted by molar-refractivity contribution is -0.389. The van der Waals surface area contributed by atoms with Gasteiger partial charge in [-0.3, -0.25) is 4.79 Å². The Morgan fingerprint density at radius 3 is 2.56 bits per heavy atom. The van der Waals surface area contributed by atoms with Crippen LogP contribution in [0.25, 0.3) is 0 Å². The number of benzene rings is 1. The van der Waals surface area contributed by atoms with Gasteiger partial charge < -0.3 is 20.2 Å². The number of rotatable bonds is 6. The van der Waals surface area contributed by atoms with Crippen molar-refractivity contribution in [2.45, 2.75) is 33.4 Å². The van der Waals surface area contributed by atoms with Gasteiger partial charge in [0.05, 0.1) is 16.9 Å². The van der Waals surface area contributed by atoms with Gasteiger partial charge in [-0.15, -0.1) is 0 Å². The molecule has 0 aliphatic carbocycles. The van der Waals surface area contributed by atoms with Crippen LogP contribution < -0.4 is 10.1 Å². The SMILES string of the molecule is Cc1cc(OC(F)F)ccc1NC(=O)C(C)n1nc([N+](=O)[O-])cc1C. The maximum absolute atomic E-state index is 12.4. The summed E-state index contributed by atoms with van der Waals surface area (Å²) in [5, 5.41) is 17.2. The van der Waals surface area contributed by atoms with Crippen LogP contribution in [0.3, 0.4) is 0 Å². The first-order chi connectivity index (χ1) is 11.7. The summed E-state index contributed by atoms with van der Waals surface area (Å²) < 4.78 is 29.9. The van der Waals surface area contributed by atoms with E-state index in [0.29, 0.717) is 16.9 Å². The molecule has 134 valence electrons. The molecule has 1 aromatic carbocycles. The van der Waals surface area contributed by atoms with E-state index in [1.165, 1.54) is 28.9 Å². The molecule has 0 aliphatic rings. The molecule has 1 unspecified atom stereocenters. The van der Waals surface area contributed by atoms with E-state index >= 15 is 0 Å². The van der Waals surface area contributed by atoms with Crippen molar-refractivity contribution in [2.24, 2.45) is 0 Å². The Balaban J connectivity index is 2.15. The highest BCUT2D eigenvalue weighted by Gasteiger charge is 2.25. The van der Waals surface area contributed by atoms with E-state index in [2.05, 4.69) is 15.2 Å². The lowest BCUT2D eigenvalue weighted by atomic mass is 10.2. The molecule has 0 spiro atoms. The second kappa shape index (κ2) is 7.24. The Hall–Kier alpha value is -3.04. The normalized spacial score (nSPS) is 12.1. The number of aromatic nitrogens is 2. The molecule has 0 saturated carbocycles. The van der Waals surface area contributed by atoms with Crippen molar-refractivity contribution in [3.05, 3.63) is 45.6 Å². The molecule has 0 saturated heterocycles. The van der Waals surface area contributed by atoms with E-state index in [-0.39, 0.29) is 11.6 Å². The van der Waals surface area contributed by atoms with Crippen molar-refractivity contribution in [3.63, 3.8) is 0 Å². The largest absolute Gasteiger partial charge is 0.435 e. The maximum Gasteiger partial charge on any atom is 0.390 e. The quantitative estimate of drug-likeness (QED) is 0.634. The minimum atomic E-state index is -2.93. The lowest BCUT2D eigenvalue weighted by Gasteiger charge is -2.14. The summed E-state index contributed by atoms with van der Waals surface area (Å²) in [6.45, 7) is 1.84. The molecule has 25 heavy (non-hydrogen) atoms. The number of anilines is 1. The number of nitro groups is 1. The number of ether oxygens (including phenoxy) is 1. The number of carbonyl (C=O) groups excluding carboxylic acids is 1. The molecule has 1 heterocycles. The predicted octanol–water partition coefficient (Wildman–Crippen LogP) is 3.21. The monoisotopic (exact) mass is 354 g/mol. The Kier molecular flexibility index (Phi) is 5.30. The van der Waals surface area contributed by atoms with Gasteiger partial charge in [0.2, 0.25) is 0 Å². The Bertz CT molecular complexity index is 807. The number of halogens is 2. The van der Waals surface area contributed by atoms with Crippen LogP contribution in [0.15, 0.2) is 24.3 Å². The molecule has 8 nitrogen and oxygen atoms in total. The summed E-state index contributed by atoms with van der Waals surface area (Å²) in [4.78, 5) is 22.5. The number of carbonyl (C=O) groups is 1. The van der Waals surface area contributed by atoms with Gasteiger partial charge in [-0.05, 0) is 49.5 Å². The van der Waals surface area contributed by atoms with E-state index < -0.39 is 23.5 Å². The summed E-state index contributed by atoms with van der Waals surface area (Å²) in [5.41, 5.74) is 1.41. The fraction of sp³-hybridized carbons (Fsp3) is 0.333. The molecule has 1 amide bonds. The number of nitrogens with zero attached hydrogens (tertiary/aromatic N) is 3. The van der Waals surface area contributed by atoms with Crippen LogP contribution in [-0.2, 0) is 4.79 Å². The van der Waals surface area contributed by atoms with E-state index in [1.807, 2.05) is 0 Å². The number of nitrogens with one attached hydrogen (secondary N) is 1. The Morgan fingerprint density at radius 2 is 2.04 bits per heavy atom. The van der Waals surface area contributed by atoms with Crippen LogP contribution in [0.2, 0.25) is 0 Å². The van der Waals surface area contributed by atoms with Crippen LogP contribution >= 0.6 is 0 Å². The first-order valence-corrected chi connectivity index (χ1v) is 7.26. The summed E-state index contributed by atoms with van der Waals surface area (Å²) in [6.07, 6.45) is 0. The third-order valence-corrected chi connectivity index (χ3v) is 3.52. The average Bonchev–Trinajstić information content (AvgIpc) is 2.90. The predicted molar refractivity (Wildman–Crippen MR) is 84.8 cm³/mol. The Labute approximate surface area is 141 Å². The van der Waals surface area contributed by atoms with Gasteiger partial charge in [0, 0.05) is 5.69 Å². The molecule has 10 heteroatoms. The van der Waals surface area contributed by atoms with E-state index in [9.17, 15) is 23.7 Å². The van der Waals surface area contributed by atoms with Crippen LogP contribution in [0.5, 0.6) is 5.75 Å². The number of alkyl halides is 2. The zero-order valence-corrected chi connectivity index (χ0v) is 13.7. The molecule has 0 radical (unpaired) electrons. The van der Waals surface area contributed by atoms with Gasteiger partial charge in [-0.2, -0.15) is 13.5 Å². The highest BCUT2D eigenvalue weighted by Crippen LogP contribution is 2.24. The average molecular weight is 354 g/mol. The third-order valence-electron chi connectivity index (χ3n) is 3.52. The number of amides is 1. The van der Waals surface area contributed by atoms with E-state index in [1.54, 1.807) is 20.8 Å². The number of hydrogen-bond acceptors (Lipinski definition) is 5. The maximum atomic E-state index is 12.4. The first kappa shape index (κ1) is 18.3. The Morgan fingerprint density at radius 1 is 1.36 bits per heavy atom. The summed E-state index contributed by atoms with van der Waals surface area (Å²) >= 11 is 0. The van der Waals surface area contributed by atoms with Gasteiger partial charge in [-0.25, -0.2) is 0 Å². The highest BCUT2D eigenvalue weighted by molar-refractivity contribution is 5.94. The van der Waals surface area contributed by atoms with Crippen molar-refractivity contribution in [1.82, 2.24) is 9.78 Å². The second-order valence-electron chi connectivity index (χ2n) is 5.37. The van der Waals surface area contributed by atoms with E-state index in [4.69, 9.17) is 0 Å². The van der Waals surface area contributed by atoms with Crippen LogP contribution in [0.1, 0.15) is 24.2 Å². The fourth-order valence-electron chi connectivity index (χ4n) is 2.25. The molecule has 2 rings (SSSR count). The second-order valence-corrected chi connectivity index (χ2v) is 5.37. The van der Waals surface area contributed by atoms with Crippen LogP contribution in [0.4, 0.5) is 20.3 Å². The molecule has 0 fully saturated rings. The minimum Gasteiger partial charge on any atom is -0.435 e. The van der Waals surface area contributed by atoms with Gasteiger partial charge in [-0.1, -0.05) is 0 Å². The zero-order chi connectivity index (χ0) is 18.7. The standard InChI is InChI=1S/C15H16F2N4O4/c1-8-6-11(25-15(16)17)4-5-12(8)18-14(22)10(3)20-9(2)7-13(19-20)21(23)24/h4-7,10,15H,1-3H3,(H,18,22). The van der Waals surface area contributed by atoms with Gasteiger partial charge in [0.15, 0.2) is 0 Å². The first-order valence-electron chi connectivity index (χ1n) is 7.26. The van der Waals surface area contributed by atoms with Crippen molar-refractivity contribution in [3.8, 4) is 5.75 Å². The third kappa shape index (κ3) is 4.28. The van der Waals surface area contributed by atoms with E-state index in [0.717, 1.165) is 0 Å². The van der Waals surface area contributed by atoms with Gasteiger partial charge in [0.25, 0.3) is 5.91 Å². The van der Waals surface area contributed by atoms with Gasteiger partial charge >= 0.3 is 12.4 Å². The summed E-state index contributed by atoms with van der Waals surface area (Å²) in [6, 6.07) is 4.59. The van der Waals surface area contributed by atoms with Crippen LogP contribution in [-0.4, -0.2) is 27.2 Å². The molecule has 1 aromatic heterocycles. The minimum absolute atomic E-state index is 0.0166. The van der Waals surface area contributed by atoms with Crippen LogP contribution in [0, 0.1) is 24.0 Å². The number of hydrogen-bond donors (Lipinski definition) is 1. The summed E-state index contributed by atoms with van der Waals surface area (Å²) in [7, 11) is 0. The fourth-order valence-corrected chi connectivity index (χ4v) is 2.25. The molecule has 1 atom stereocenters. The molecular weight excluding hydrogens is 338 g/mol. The smallest absolute Gasteiger partial charge is 0.390 e. The molecule has 0 bridgehead atoms. The lowest BCUT2D eigenvalue weighted by Crippen LogP contribution is -2.25. The zero-order valence-electron chi connectivity index (χ0n) is 13.7. The molecular formula is C15H16F2N4O4. The van der Waals surface area contributed by atoms with Crippen molar-refractivity contribution >= 4 is 17.4 Å². The molecule has 2 aromatic rings.